The van der Waals surface area contributed by atoms with Gasteiger partial charge < -0.3 is 19.7 Å². The highest BCUT2D eigenvalue weighted by Gasteiger charge is 2.39. The number of unbranched alkanes of at least 4 members (excludes halogenated alkanes) is 15. The first-order chi connectivity index (χ1) is 17.6. The van der Waals surface area contributed by atoms with Crippen LogP contribution < -0.4 is 10.4 Å². The number of carboxylic acid groups (broad SMARTS) is 1. The van der Waals surface area contributed by atoms with Crippen molar-refractivity contribution in [1.29, 1.82) is 0 Å². The van der Waals surface area contributed by atoms with Gasteiger partial charge in [-0.25, -0.2) is 0 Å². The summed E-state index contributed by atoms with van der Waals surface area (Å²) in [6.07, 6.45) is 28.0. The average Bonchev–Trinajstić information content (AvgIpc) is 2.84. The normalized spacial score (nSPS) is 13.2. The Kier molecular flexibility index (Phi) is 20.8. The van der Waals surface area contributed by atoms with Crippen LogP contribution in [0.15, 0.2) is 12.2 Å². The zero-order valence-electron chi connectivity index (χ0n) is 25.5. The number of carboxylic acids is 1. The summed E-state index contributed by atoms with van der Waals surface area (Å²) in [5.41, 5.74) is -1.01. The van der Waals surface area contributed by atoms with Crippen LogP contribution >= 0.6 is 0 Å². The molecule has 0 heterocycles. The quantitative estimate of drug-likeness (QED) is 0.0791. The van der Waals surface area contributed by atoms with Gasteiger partial charge in [-0.2, -0.15) is 0 Å². The molecule has 5 nitrogen and oxygen atoms in total. The molecule has 0 radical (unpaired) electrons. The lowest BCUT2D eigenvalue weighted by Crippen LogP contribution is -2.67. The van der Waals surface area contributed by atoms with Gasteiger partial charge in [-0.1, -0.05) is 103 Å². The number of hydrogen-bond donors (Lipinski definition) is 1. The van der Waals surface area contributed by atoms with Crippen molar-refractivity contribution >= 4 is 11.9 Å². The maximum atomic E-state index is 12.4. The number of likely N-dealkylation sites (N-methyl/N-ethyl adjacent to an activating group) is 1. The number of aliphatic carboxylic acids is 1. The zero-order chi connectivity index (χ0) is 28.0. The molecule has 0 aromatic heterocycles. The molecule has 1 atom stereocenters. The van der Waals surface area contributed by atoms with E-state index in [-0.39, 0.29) is 16.4 Å². The summed E-state index contributed by atoms with van der Waals surface area (Å²) in [5, 5.41) is 14.7. The highest BCUT2D eigenvalue weighted by atomic mass is 16.4. The number of carbonyl (C=O) groups is 2. The lowest BCUT2D eigenvalue weighted by molar-refractivity contribution is -0.931. The summed E-state index contributed by atoms with van der Waals surface area (Å²) in [6, 6.07) is -0.0306. The number of hydrogen-bond acceptors (Lipinski definition) is 3. The van der Waals surface area contributed by atoms with Gasteiger partial charge in [0.05, 0.1) is 26.7 Å². The summed E-state index contributed by atoms with van der Waals surface area (Å²) in [4.78, 5) is 24.0. The Bertz CT molecular complexity index is 613. The largest absolute Gasteiger partial charge is 0.544 e. The number of allylic oxidation sites excluding steroid dienone is 2. The third kappa shape index (κ3) is 17.7. The van der Waals surface area contributed by atoms with Gasteiger partial charge in [0.25, 0.3) is 0 Å². The molecule has 1 amide bonds. The van der Waals surface area contributed by atoms with Gasteiger partial charge in [0.15, 0.2) is 0 Å². The van der Waals surface area contributed by atoms with Crippen molar-refractivity contribution in [3.05, 3.63) is 12.2 Å². The molecule has 0 aliphatic rings. The van der Waals surface area contributed by atoms with Crippen LogP contribution in [-0.4, -0.2) is 48.6 Å². The molecule has 1 N–H and O–H groups in total. The first-order valence-corrected chi connectivity index (χ1v) is 15.6. The first kappa shape index (κ1) is 35.6. The molecule has 0 aromatic rings. The summed E-state index contributed by atoms with van der Waals surface area (Å²) in [6.45, 7) is 8.25. The number of carbonyl (C=O) groups excluding carboxylic acids is 2. The van der Waals surface area contributed by atoms with Crippen molar-refractivity contribution < 1.29 is 19.2 Å². The Hall–Kier alpha value is -1.36. The van der Waals surface area contributed by atoms with E-state index in [9.17, 15) is 14.7 Å². The highest BCUT2D eigenvalue weighted by Crippen LogP contribution is 2.21. The first-order valence-electron chi connectivity index (χ1n) is 15.6. The van der Waals surface area contributed by atoms with Gasteiger partial charge >= 0.3 is 0 Å². The van der Waals surface area contributed by atoms with Gasteiger partial charge in [-0.15, -0.1) is 0 Å². The topological polar surface area (TPSA) is 69.2 Å². The van der Waals surface area contributed by atoms with Crippen molar-refractivity contribution in [3.63, 3.8) is 0 Å². The Morgan fingerprint density at radius 2 is 1.19 bits per heavy atom. The molecular formula is C32H62N2O3. The summed E-state index contributed by atoms with van der Waals surface area (Å²) >= 11 is 0. The van der Waals surface area contributed by atoms with Crippen LogP contribution in [0, 0.1) is 0 Å². The number of nitrogens with one attached hydrogen (secondary N) is 1. The molecule has 0 saturated heterocycles. The molecule has 1 unspecified atom stereocenters. The summed E-state index contributed by atoms with van der Waals surface area (Å²) in [5.74, 6) is -0.982. The number of nitrogens with zero attached hydrogens (tertiary/aromatic N) is 1. The predicted molar refractivity (Wildman–Crippen MR) is 156 cm³/mol. The molecule has 0 bridgehead atoms. The fourth-order valence-corrected chi connectivity index (χ4v) is 4.67. The van der Waals surface area contributed by atoms with E-state index in [4.69, 9.17) is 0 Å². The van der Waals surface area contributed by atoms with Crippen LogP contribution in [0.4, 0.5) is 0 Å². The lowest BCUT2D eigenvalue weighted by Gasteiger charge is -2.46. The van der Waals surface area contributed by atoms with Crippen LogP contribution in [0.1, 0.15) is 150 Å². The SMILES string of the molecule is CCCCCCCC/C=C\CCCCCCCCCCCC(=O)NC(CC)C[N+](C)(C)C(C)(C)C(=O)[O-]. The van der Waals surface area contributed by atoms with Gasteiger partial charge in [-0.3, -0.25) is 4.79 Å². The Morgan fingerprint density at radius 1 is 0.757 bits per heavy atom. The van der Waals surface area contributed by atoms with Gasteiger partial charge in [0.1, 0.15) is 11.5 Å². The molecule has 0 saturated carbocycles. The monoisotopic (exact) mass is 522 g/mol. The fraction of sp³-hybridized carbons (Fsp3) is 0.875. The summed E-state index contributed by atoms with van der Waals surface area (Å²) in [7, 11) is 3.78. The van der Waals surface area contributed by atoms with Crippen LogP contribution in [0.3, 0.4) is 0 Å². The van der Waals surface area contributed by atoms with Gasteiger partial charge in [0.2, 0.25) is 5.91 Å². The molecular weight excluding hydrogens is 460 g/mol. The molecule has 0 rings (SSSR count). The van der Waals surface area contributed by atoms with E-state index in [1.807, 2.05) is 21.0 Å². The van der Waals surface area contributed by atoms with E-state index in [2.05, 4.69) is 24.4 Å². The second kappa shape index (κ2) is 21.6. The third-order valence-corrected chi connectivity index (χ3v) is 8.21. The molecule has 0 aliphatic carbocycles. The standard InChI is InChI=1S/C32H62N2O3/c1-7-9-10-11-12-13-14-15-16-17-18-19-20-21-22-23-24-25-26-27-30(35)33-29(8-2)28-34(5,6)32(3,4)31(36)37/h15-16,29H,7-14,17-28H2,1-6H3,(H-,33,35,36,37)/b16-15-. The highest BCUT2D eigenvalue weighted by molar-refractivity contribution is 5.76. The van der Waals surface area contributed by atoms with E-state index in [1.165, 1.54) is 96.3 Å². The zero-order valence-corrected chi connectivity index (χ0v) is 25.5. The Morgan fingerprint density at radius 3 is 1.62 bits per heavy atom. The van der Waals surface area contributed by atoms with Crippen molar-refractivity contribution in [2.75, 3.05) is 20.6 Å². The second-order valence-electron chi connectivity index (χ2n) is 12.1. The lowest BCUT2D eigenvalue weighted by atomic mass is 9.99. The Balaban J connectivity index is 3.69. The van der Waals surface area contributed by atoms with Crippen LogP contribution in [0.2, 0.25) is 0 Å². The third-order valence-electron chi connectivity index (χ3n) is 8.21. The van der Waals surface area contributed by atoms with E-state index in [0.29, 0.717) is 13.0 Å². The van der Waals surface area contributed by atoms with Crippen LogP contribution in [0.25, 0.3) is 0 Å². The molecule has 0 spiro atoms. The van der Waals surface area contributed by atoms with E-state index in [1.54, 1.807) is 13.8 Å². The van der Waals surface area contributed by atoms with E-state index in [0.717, 1.165) is 19.3 Å². The minimum atomic E-state index is -1.06. The molecule has 218 valence electrons. The predicted octanol–water partition coefficient (Wildman–Crippen LogP) is 7.08. The minimum Gasteiger partial charge on any atom is -0.544 e. The number of amides is 1. The van der Waals surface area contributed by atoms with E-state index >= 15 is 0 Å². The molecule has 0 aromatic carbocycles. The smallest absolute Gasteiger partial charge is 0.220 e. The van der Waals surface area contributed by atoms with Crippen molar-refractivity contribution in [1.82, 2.24) is 5.32 Å². The van der Waals surface area contributed by atoms with Gasteiger partial charge in [-0.05, 0) is 52.4 Å². The van der Waals surface area contributed by atoms with E-state index < -0.39 is 11.5 Å². The molecule has 0 aliphatic heterocycles. The molecule has 0 fully saturated rings. The summed E-state index contributed by atoms with van der Waals surface area (Å²) < 4.78 is 0.268. The average molecular weight is 523 g/mol. The van der Waals surface area contributed by atoms with Crippen LogP contribution in [-0.2, 0) is 9.59 Å². The van der Waals surface area contributed by atoms with Crippen molar-refractivity contribution in [2.24, 2.45) is 0 Å². The fourth-order valence-electron chi connectivity index (χ4n) is 4.67. The van der Waals surface area contributed by atoms with Crippen molar-refractivity contribution in [2.45, 2.75) is 161 Å². The number of rotatable bonds is 25. The Labute approximate surface area is 230 Å². The second-order valence-corrected chi connectivity index (χ2v) is 12.1. The van der Waals surface area contributed by atoms with Crippen LogP contribution in [0.5, 0.6) is 0 Å². The minimum absolute atomic E-state index is 0.0306. The van der Waals surface area contributed by atoms with Crippen molar-refractivity contribution in [3.8, 4) is 0 Å². The van der Waals surface area contributed by atoms with Gasteiger partial charge in [0, 0.05) is 6.42 Å². The molecule has 37 heavy (non-hydrogen) atoms. The number of quaternary nitrogens is 1. The maximum Gasteiger partial charge on any atom is 0.220 e. The molecule has 5 heteroatoms. The maximum absolute atomic E-state index is 12.4.